The summed E-state index contributed by atoms with van der Waals surface area (Å²) < 4.78 is 6.63. The summed E-state index contributed by atoms with van der Waals surface area (Å²) in [6.07, 6.45) is 1.84. The molecule has 1 saturated heterocycles. The van der Waals surface area contributed by atoms with E-state index in [-0.39, 0.29) is 11.9 Å². The average Bonchev–Trinajstić information content (AvgIpc) is 3.29. The largest absolute Gasteiger partial charge is 0.469 e. The van der Waals surface area contributed by atoms with Crippen molar-refractivity contribution >= 4 is 28.3 Å². The molecule has 34 heavy (non-hydrogen) atoms. The van der Waals surface area contributed by atoms with Crippen LogP contribution in [0.2, 0.25) is 0 Å². The number of nitrogens with zero attached hydrogens (tertiary/aromatic N) is 5. The molecule has 0 N–H and O–H groups in total. The van der Waals surface area contributed by atoms with Crippen LogP contribution in [0.3, 0.4) is 0 Å². The van der Waals surface area contributed by atoms with Crippen molar-refractivity contribution in [1.29, 1.82) is 0 Å². The number of benzene rings is 1. The van der Waals surface area contributed by atoms with E-state index in [9.17, 15) is 9.59 Å². The topological polar surface area (TPSA) is 80.6 Å². The van der Waals surface area contributed by atoms with Gasteiger partial charge < -0.3 is 14.5 Å². The minimum atomic E-state index is -0.229. The van der Waals surface area contributed by atoms with E-state index in [1.807, 2.05) is 54.6 Å². The highest BCUT2D eigenvalue weighted by Crippen LogP contribution is 2.23. The molecule has 180 valence electrons. The van der Waals surface area contributed by atoms with Gasteiger partial charge in [0.05, 0.1) is 24.2 Å². The summed E-state index contributed by atoms with van der Waals surface area (Å²) in [5.41, 5.74) is 5.54. The number of aryl methyl sites for hydroxylation is 2. The lowest BCUT2D eigenvalue weighted by Gasteiger charge is -2.22. The van der Waals surface area contributed by atoms with Crippen LogP contribution >= 0.6 is 11.3 Å². The zero-order chi connectivity index (χ0) is 24.2. The molecule has 0 atom stereocenters. The summed E-state index contributed by atoms with van der Waals surface area (Å²) in [5.74, 6) is -0.177. The number of hydrogen-bond donors (Lipinski definition) is 0. The molecule has 4 rings (SSSR count). The lowest BCUT2D eigenvalue weighted by atomic mass is 10.1. The first-order valence-corrected chi connectivity index (χ1v) is 12.4. The molecule has 0 unspecified atom stereocenters. The van der Waals surface area contributed by atoms with Gasteiger partial charge in [-0.25, -0.2) is 9.67 Å². The Morgan fingerprint density at radius 1 is 1.06 bits per heavy atom. The molecule has 0 radical (unpaired) electrons. The lowest BCUT2D eigenvalue weighted by Crippen LogP contribution is -2.35. The van der Waals surface area contributed by atoms with Crippen LogP contribution in [0.1, 0.15) is 45.8 Å². The summed E-state index contributed by atoms with van der Waals surface area (Å²) in [6, 6.07) is 7.60. The van der Waals surface area contributed by atoms with E-state index in [0.717, 1.165) is 59.5 Å². The second-order valence-electron chi connectivity index (χ2n) is 8.59. The Morgan fingerprint density at radius 3 is 2.50 bits per heavy atom. The normalized spacial score (nSPS) is 14.2. The van der Waals surface area contributed by atoms with Gasteiger partial charge in [-0.2, -0.15) is 5.10 Å². The number of thiazole rings is 1. The predicted molar refractivity (Wildman–Crippen MR) is 133 cm³/mol. The fourth-order valence-electron chi connectivity index (χ4n) is 4.34. The molecular formula is C25H31N5O3S. The smallest absolute Gasteiger partial charge is 0.305 e. The fourth-order valence-corrected chi connectivity index (χ4v) is 5.20. The van der Waals surface area contributed by atoms with Gasteiger partial charge in [0.15, 0.2) is 5.13 Å². The second-order valence-corrected chi connectivity index (χ2v) is 9.43. The van der Waals surface area contributed by atoms with Crippen LogP contribution in [0.5, 0.6) is 0 Å². The Balaban J connectivity index is 1.43. The molecule has 3 aromatic rings. The zero-order valence-corrected chi connectivity index (χ0v) is 21.0. The first-order chi connectivity index (χ1) is 16.4. The van der Waals surface area contributed by atoms with E-state index >= 15 is 0 Å². The number of rotatable bonds is 6. The Hall–Kier alpha value is -3.20. The van der Waals surface area contributed by atoms with Crippen LogP contribution in [-0.4, -0.2) is 64.8 Å². The van der Waals surface area contributed by atoms with E-state index < -0.39 is 0 Å². The molecule has 0 aliphatic carbocycles. The van der Waals surface area contributed by atoms with Crippen molar-refractivity contribution in [3.05, 3.63) is 57.9 Å². The summed E-state index contributed by atoms with van der Waals surface area (Å²) in [7, 11) is 1.40. The molecule has 0 bridgehead atoms. The van der Waals surface area contributed by atoms with E-state index in [4.69, 9.17) is 4.74 Å². The van der Waals surface area contributed by atoms with Crippen LogP contribution in [0.4, 0.5) is 5.13 Å². The van der Waals surface area contributed by atoms with Crippen LogP contribution in [0.15, 0.2) is 29.6 Å². The van der Waals surface area contributed by atoms with Gasteiger partial charge in [0, 0.05) is 49.2 Å². The van der Waals surface area contributed by atoms with Gasteiger partial charge in [0.1, 0.15) is 0 Å². The maximum absolute atomic E-state index is 13.2. The Bertz CT molecular complexity index is 1170. The van der Waals surface area contributed by atoms with Crippen LogP contribution in [0.25, 0.3) is 5.69 Å². The number of methoxy groups -OCH3 is 1. The molecule has 3 heterocycles. The molecule has 0 saturated carbocycles. The van der Waals surface area contributed by atoms with E-state index in [1.54, 1.807) is 11.3 Å². The summed E-state index contributed by atoms with van der Waals surface area (Å²) in [6.45, 7) is 9.07. The van der Waals surface area contributed by atoms with Gasteiger partial charge in [0.25, 0.3) is 5.91 Å². The van der Waals surface area contributed by atoms with Crippen molar-refractivity contribution < 1.29 is 14.3 Å². The second kappa shape index (κ2) is 10.4. The third kappa shape index (κ3) is 5.14. The van der Waals surface area contributed by atoms with Crippen molar-refractivity contribution in [1.82, 2.24) is 19.7 Å². The first-order valence-electron chi connectivity index (χ1n) is 11.6. The summed E-state index contributed by atoms with van der Waals surface area (Å²) >= 11 is 1.66. The Labute approximate surface area is 204 Å². The van der Waals surface area contributed by atoms with Crippen molar-refractivity contribution in [3.63, 3.8) is 0 Å². The van der Waals surface area contributed by atoms with Crippen LogP contribution in [0, 0.1) is 20.8 Å². The van der Waals surface area contributed by atoms with Crippen molar-refractivity contribution in [3.8, 4) is 5.69 Å². The number of anilines is 1. The first kappa shape index (κ1) is 23.9. The molecule has 9 heteroatoms. The van der Waals surface area contributed by atoms with Crippen LogP contribution < -0.4 is 4.90 Å². The number of ether oxygens (including phenoxy) is 1. The van der Waals surface area contributed by atoms with Crippen molar-refractivity contribution in [2.24, 2.45) is 0 Å². The third-order valence-electron chi connectivity index (χ3n) is 6.27. The van der Waals surface area contributed by atoms with E-state index in [2.05, 4.69) is 20.4 Å². The van der Waals surface area contributed by atoms with Gasteiger partial charge in [-0.05, 0) is 63.4 Å². The highest BCUT2D eigenvalue weighted by Gasteiger charge is 2.22. The molecule has 1 aliphatic rings. The molecule has 1 aliphatic heterocycles. The quantitative estimate of drug-likeness (QED) is 0.500. The summed E-state index contributed by atoms with van der Waals surface area (Å²) in [5, 5.41) is 7.76. The molecule has 0 spiro atoms. The molecule has 1 fully saturated rings. The number of carbonyl (C=O) groups is 2. The average molecular weight is 482 g/mol. The van der Waals surface area contributed by atoms with Crippen molar-refractivity contribution in [2.45, 2.75) is 40.0 Å². The molecule has 2 aromatic heterocycles. The van der Waals surface area contributed by atoms with E-state index in [0.29, 0.717) is 24.9 Å². The number of esters is 1. The van der Waals surface area contributed by atoms with Gasteiger partial charge in [-0.1, -0.05) is 0 Å². The zero-order valence-electron chi connectivity index (χ0n) is 20.2. The third-order valence-corrected chi connectivity index (χ3v) is 7.29. The SMILES string of the molecule is COC(=O)CCc1c(C)nn(-c2ccc(C(=O)N3CCCN(c4nc(C)cs4)CC3)cc2)c1C. The van der Waals surface area contributed by atoms with Gasteiger partial charge in [0.2, 0.25) is 0 Å². The standard InChI is InChI=1S/C25H31N5O3S/c1-17-16-34-25(26-17)29-13-5-12-28(14-15-29)24(32)20-6-8-21(9-7-20)30-19(3)22(18(2)27-30)10-11-23(31)33-4/h6-9,16H,5,10-15H2,1-4H3. The Kier molecular flexibility index (Phi) is 7.31. The maximum Gasteiger partial charge on any atom is 0.305 e. The van der Waals surface area contributed by atoms with E-state index in [1.165, 1.54) is 7.11 Å². The van der Waals surface area contributed by atoms with Gasteiger partial charge in [-0.15, -0.1) is 11.3 Å². The highest BCUT2D eigenvalue weighted by molar-refractivity contribution is 7.13. The number of aromatic nitrogens is 3. The monoisotopic (exact) mass is 481 g/mol. The molecule has 8 nitrogen and oxygen atoms in total. The number of amides is 1. The number of carbonyl (C=O) groups excluding carboxylic acids is 2. The molecule has 1 amide bonds. The van der Waals surface area contributed by atoms with Crippen molar-refractivity contribution in [2.75, 3.05) is 38.2 Å². The van der Waals surface area contributed by atoms with Gasteiger partial charge >= 0.3 is 5.97 Å². The minimum Gasteiger partial charge on any atom is -0.469 e. The van der Waals surface area contributed by atoms with Crippen LogP contribution in [-0.2, 0) is 16.0 Å². The molecule has 1 aromatic carbocycles. The fraction of sp³-hybridized carbons (Fsp3) is 0.440. The highest BCUT2D eigenvalue weighted by atomic mass is 32.1. The lowest BCUT2D eigenvalue weighted by molar-refractivity contribution is -0.140. The maximum atomic E-state index is 13.2. The minimum absolute atomic E-state index is 0.0517. The molecular weight excluding hydrogens is 450 g/mol. The predicted octanol–water partition coefficient (Wildman–Crippen LogP) is 3.71. The number of hydrogen-bond acceptors (Lipinski definition) is 7. The summed E-state index contributed by atoms with van der Waals surface area (Å²) in [4.78, 5) is 33.5. The van der Waals surface area contributed by atoms with Gasteiger partial charge in [-0.3, -0.25) is 9.59 Å². The Morgan fingerprint density at radius 2 is 1.82 bits per heavy atom.